The second kappa shape index (κ2) is 7.76. The van der Waals surface area contributed by atoms with Crippen LogP contribution >= 0.6 is 15.9 Å². The van der Waals surface area contributed by atoms with Gasteiger partial charge in [0.15, 0.2) is 0 Å². The maximum Gasteiger partial charge on any atom is 0.270 e. The summed E-state index contributed by atoms with van der Waals surface area (Å²) in [5.74, 6) is -0.119. The van der Waals surface area contributed by atoms with Crippen LogP contribution in [0.4, 0.5) is 10.2 Å². The lowest BCUT2D eigenvalue weighted by molar-refractivity contribution is 0.0664. The van der Waals surface area contributed by atoms with Crippen LogP contribution < -0.4 is 5.73 Å². The molecule has 3 heterocycles. The second-order valence-corrected chi connectivity index (χ2v) is 8.23. The number of H-pyrrole nitrogens is 1. The molecular formula is C21H22BrFN4O2. The smallest absolute Gasteiger partial charge is 0.270 e. The summed E-state index contributed by atoms with van der Waals surface area (Å²) in [6.45, 7) is 5.00. The number of benzene rings is 1. The van der Waals surface area contributed by atoms with E-state index >= 15 is 0 Å². The molecular weight excluding hydrogens is 439 g/mol. The third-order valence-corrected chi connectivity index (χ3v) is 5.97. The number of nitrogens with two attached hydrogens (primary N) is 1. The van der Waals surface area contributed by atoms with Crippen LogP contribution in [0.2, 0.25) is 0 Å². The van der Waals surface area contributed by atoms with E-state index in [0.29, 0.717) is 40.3 Å². The van der Waals surface area contributed by atoms with E-state index in [9.17, 15) is 9.18 Å². The normalized spacial score (nSPS) is 14.2. The molecule has 3 aromatic rings. The van der Waals surface area contributed by atoms with Crippen molar-refractivity contribution in [3.8, 4) is 0 Å². The van der Waals surface area contributed by atoms with Gasteiger partial charge in [-0.05, 0) is 31.5 Å². The van der Waals surface area contributed by atoms with Crippen molar-refractivity contribution in [2.75, 3.05) is 5.73 Å². The number of hydrogen-bond donors (Lipinski definition) is 2. The molecule has 1 aliphatic heterocycles. The number of rotatable bonds is 5. The highest BCUT2D eigenvalue weighted by molar-refractivity contribution is 9.10. The van der Waals surface area contributed by atoms with Crippen molar-refractivity contribution < 1.29 is 13.9 Å². The Morgan fingerprint density at radius 1 is 1.38 bits per heavy atom. The van der Waals surface area contributed by atoms with Crippen LogP contribution in [0.1, 0.15) is 47.4 Å². The van der Waals surface area contributed by atoms with Crippen molar-refractivity contribution in [1.82, 2.24) is 14.9 Å². The molecule has 0 bridgehead atoms. The third-order valence-electron chi connectivity index (χ3n) is 5.48. The lowest BCUT2D eigenvalue weighted by Gasteiger charge is -2.28. The summed E-state index contributed by atoms with van der Waals surface area (Å²) in [5, 5.41) is 0. The van der Waals surface area contributed by atoms with Crippen LogP contribution in [0.15, 0.2) is 28.7 Å². The van der Waals surface area contributed by atoms with Crippen molar-refractivity contribution in [2.45, 2.75) is 46.1 Å². The summed E-state index contributed by atoms with van der Waals surface area (Å²) < 4.78 is 20.6. The Bertz CT molecular complexity index is 1100. The van der Waals surface area contributed by atoms with Gasteiger partial charge in [0, 0.05) is 33.7 Å². The third kappa shape index (κ3) is 3.62. The number of nitrogens with zero attached hydrogens (tertiary/aromatic N) is 2. The van der Waals surface area contributed by atoms with E-state index in [0.717, 1.165) is 23.1 Å². The Morgan fingerprint density at radius 2 is 2.14 bits per heavy atom. The van der Waals surface area contributed by atoms with E-state index in [1.54, 1.807) is 23.1 Å². The van der Waals surface area contributed by atoms with E-state index < -0.39 is 0 Å². The molecule has 0 saturated carbocycles. The number of hydrogen-bond acceptors (Lipinski definition) is 4. The number of aromatic nitrogens is 2. The molecule has 0 saturated heterocycles. The molecule has 0 radical (unpaired) electrons. The lowest BCUT2D eigenvalue weighted by atomic mass is 10.1. The fraction of sp³-hybridized carbons (Fsp3) is 0.333. The van der Waals surface area contributed by atoms with Gasteiger partial charge in [0.25, 0.3) is 5.91 Å². The number of anilines is 1. The summed E-state index contributed by atoms with van der Waals surface area (Å²) in [6.07, 6.45) is 0.749. The molecule has 2 aromatic heterocycles. The highest BCUT2D eigenvalue weighted by Gasteiger charge is 2.26. The molecule has 4 rings (SSSR count). The van der Waals surface area contributed by atoms with Crippen LogP contribution in [0, 0.1) is 5.82 Å². The number of pyridine rings is 1. The van der Waals surface area contributed by atoms with Crippen molar-refractivity contribution in [2.24, 2.45) is 0 Å². The van der Waals surface area contributed by atoms with Gasteiger partial charge >= 0.3 is 0 Å². The molecule has 1 atom stereocenters. The van der Waals surface area contributed by atoms with Gasteiger partial charge in [-0.3, -0.25) is 4.79 Å². The maximum atomic E-state index is 14.4. The van der Waals surface area contributed by atoms with Gasteiger partial charge in [-0.1, -0.05) is 28.9 Å². The van der Waals surface area contributed by atoms with Crippen molar-refractivity contribution in [3.63, 3.8) is 0 Å². The van der Waals surface area contributed by atoms with Gasteiger partial charge in [-0.25, -0.2) is 9.37 Å². The van der Waals surface area contributed by atoms with E-state index in [1.807, 2.05) is 13.8 Å². The Balaban J connectivity index is 1.71. The molecule has 0 spiro atoms. The number of halogens is 2. The molecule has 6 nitrogen and oxygen atoms in total. The zero-order chi connectivity index (χ0) is 20.7. The monoisotopic (exact) mass is 460 g/mol. The number of nitrogens with one attached hydrogen (secondary N) is 1. The minimum absolute atomic E-state index is 0.0657. The van der Waals surface area contributed by atoms with Crippen molar-refractivity contribution in [1.29, 1.82) is 0 Å². The number of ether oxygens (including phenoxy) is 1. The standard InChI is InChI=1S/C21H22BrFN4O2/c1-3-11(2)27(8-12-4-5-13(22)6-16(12)23)21(28)18-7-17-19(25-18)14-9-29-10-15(14)20(24)26-17/h4-7,11,25H,3,8-10H2,1-2H3,(H2,24,26)/t11-/m1/s1. The van der Waals surface area contributed by atoms with Gasteiger partial charge in [-0.15, -0.1) is 0 Å². The van der Waals surface area contributed by atoms with Crippen LogP contribution in [-0.4, -0.2) is 26.8 Å². The van der Waals surface area contributed by atoms with Crippen LogP contribution in [0.3, 0.4) is 0 Å². The molecule has 0 fully saturated rings. The summed E-state index contributed by atoms with van der Waals surface area (Å²) in [4.78, 5) is 22.6. The number of carbonyl (C=O) groups excluding carboxylic acids is 1. The van der Waals surface area contributed by atoms with Crippen LogP contribution in [0.25, 0.3) is 11.0 Å². The van der Waals surface area contributed by atoms with E-state index in [2.05, 4.69) is 25.9 Å². The highest BCUT2D eigenvalue weighted by Crippen LogP contribution is 2.31. The minimum Gasteiger partial charge on any atom is -0.383 e. The maximum absolute atomic E-state index is 14.4. The fourth-order valence-corrected chi connectivity index (χ4v) is 3.92. The van der Waals surface area contributed by atoms with E-state index in [1.165, 1.54) is 6.07 Å². The fourth-order valence-electron chi connectivity index (χ4n) is 3.59. The lowest BCUT2D eigenvalue weighted by Crippen LogP contribution is -2.38. The number of nitrogen functional groups attached to an aromatic ring is 1. The summed E-state index contributed by atoms with van der Waals surface area (Å²) in [7, 11) is 0. The van der Waals surface area contributed by atoms with Crippen molar-refractivity contribution >= 4 is 38.7 Å². The Morgan fingerprint density at radius 3 is 2.86 bits per heavy atom. The minimum atomic E-state index is -0.346. The van der Waals surface area contributed by atoms with E-state index in [4.69, 9.17) is 10.5 Å². The van der Waals surface area contributed by atoms with Gasteiger partial charge in [0.2, 0.25) is 0 Å². The second-order valence-electron chi connectivity index (χ2n) is 7.32. The molecule has 152 valence electrons. The zero-order valence-electron chi connectivity index (χ0n) is 16.3. The quantitative estimate of drug-likeness (QED) is 0.586. The topological polar surface area (TPSA) is 84.2 Å². The summed E-state index contributed by atoms with van der Waals surface area (Å²) in [6, 6.07) is 6.52. The average Bonchev–Trinajstić information content (AvgIpc) is 3.33. The molecule has 1 aliphatic rings. The largest absolute Gasteiger partial charge is 0.383 e. The molecule has 0 aliphatic carbocycles. The predicted molar refractivity (Wildman–Crippen MR) is 113 cm³/mol. The first-order chi connectivity index (χ1) is 13.9. The predicted octanol–water partition coefficient (Wildman–Crippen LogP) is 4.52. The molecule has 1 aromatic carbocycles. The van der Waals surface area contributed by atoms with Crippen LogP contribution in [0.5, 0.6) is 0 Å². The van der Waals surface area contributed by atoms with Crippen molar-refractivity contribution in [3.05, 3.63) is 56.9 Å². The molecule has 29 heavy (non-hydrogen) atoms. The zero-order valence-corrected chi connectivity index (χ0v) is 17.8. The number of fused-ring (bicyclic) bond motifs is 3. The molecule has 1 amide bonds. The Kier molecular flexibility index (Phi) is 5.31. The molecule has 8 heteroatoms. The first-order valence-corrected chi connectivity index (χ1v) is 10.3. The molecule has 0 unspecified atom stereocenters. The Hall–Kier alpha value is -2.45. The number of carbonyl (C=O) groups is 1. The summed E-state index contributed by atoms with van der Waals surface area (Å²) in [5.41, 5.74) is 10.1. The average molecular weight is 461 g/mol. The number of amides is 1. The Labute approximate surface area is 176 Å². The van der Waals surface area contributed by atoms with Crippen LogP contribution in [-0.2, 0) is 24.5 Å². The van der Waals surface area contributed by atoms with Gasteiger partial charge in [0.05, 0.1) is 24.2 Å². The first kappa shape index (κ1) is 19.8. The van der Waals surface area contributed by atoms with E-state index in [-0.39, 0.29) is 24.3 Å². The van der Waals surface area contributed by atoms with Gasteiger partial charge < -0.3 is 20.4 Å². The number of aromatic amines is 1. The highest BCUT2D eigenvalue weighted by atomic mass is 79.9. The molecule has 3 N–H and O–H groups in total. The summed E-state index contributed by atoms with van der Waals surface area (Å²) >= 11 is 3.27. The SMILES string of the molecule is CC[C@@H](C)N(Cc1ccc(Br)cc1F)C(=O)c1cc2nc(N)c3c(c2[nH]1)COC3. The van der Waals surface area contributed by atoms with Gasteiger partial charge in [0.1, 0.15) is 17.3 Å². The first-order valence-electron chi connectivity index (χ1n) is 9.51. The van der Waals surface area contributed by atoms with Gasteiger partial charge in [-0.2, -0.15) is 0 Å².